The fourth-order valence-corrected chi connectivity index (χ4v) is 1.91. The van der Waals surface area contributed by atoms with E-state index in [1.807, 2.05) is 6.08 Å². The lowest BCUT2D eigenvalue weighted by Crippen LogP contribution is -2.26. The van der Waals surface area contributed by atoms with Gasteiger partial charge in [0.05, 0.1) is 11.5 Å². The van der Waals surface area contributed by atoms with Gasteiger partial charge in [-0.05, 0) is 25.7 Å². The Morgan fingerprint density at radius 3 is 2.55 bits per heavy atom. The van der Waals surface area contributed by atoms with Crippen LogP contribution in [-0.4, -0.2) is 17.1 Å². The minimum atomic E-state index is 0.00993. The van der Waals surface area contributed by atoms with Crippen LogP contribution in [0.5, 0.6) is 0 Å². The van der Waals surface area contributed by atoms with Gasteiger partial charge in [0.25, 0.3) is 0 Å². The summed E-state index contributed by atoms with van der Waals surface area (Å²) in [5.74, 6) is 0. The van der Waals surface area contributed by atoms with Crippen molar-refractivity contribution in [2.24, 2.45) is 0 Å². The van der Waals surface area contributed by atoms with Crippen molar-refractivity contribution < 1.29 is 4.74 Å². The number of hydrogen-bond donors (Lipinski definition) is 0. The summed E-state index contributed by atoms with van der Waals surface area (Å²) in [6, 6.07) is 0. The Morgan fingerprint density at radius 1 is 1.55 bits per heavy atom. The zero-order valence-corrected chi connectivity index (χ0v) is 7.36. The molecule has 11 heavy (non-hydrogen) atoms. The van der Waals surface area contributed by atoms with Crippen molar-refractivity contribution in [2.75, 3.05) is 6.61 Å². The van der Waals surface area contributed by atoms with E-state index in [1.165, 1.54) is 0 Å². The molecule has 2 heteroatoms. The standard InChI is InChI=1S/C9H13ClO/c1-2-3-4-9(7-11-9)8(10)5-6-8/h2H,1,3-7H2. The van der Waals surface area contributed by atoms with Crippen LogP contribution in [0.15, 0.2) is 12.7 Å². The summed E-state index contributed by atoms with van der Waals surface area (Å²) in [5.41, 5.74) is 0.0444. The maximum Gasteiger partial charge on any atom is 0.111 e. The molecule has 0 aromatic carbocycles. The van der Waals surface area contributed by atoms with Gasteiger partial charge < -0.3 is 4.74 Å². The van der Waals surface area contributed by atoms with Crippen LogP contribution in [0.4, 0.5) is 0 Å². The zero-order chi connectivity index (χ0) is 7.95. The summed E-state index contributed by atoms with van der Waals surface area (Å²) in [4.78, 5) is 0.00993. The molecular formula is C9H13ClO. The molecule has 0 N–H and O–H groups in total. The minimum absolute atomic E-state index is 0.00993. The first-order valence-electron chi connectivity index (χ1n) is 4.16. The van der Waals surface area contributed by atoms with Crippen LogP contribution >= 0.6 is 11.6 Å². The molecule has 1 nitrogen and oxygen atoms in total. The second kappa shape index (κ2) is 2.24. The number of halogens is 1. The Kier molecular flexibility index (Phi) is 1.55. The third-order valence-corrected chi connectivity index (χ3v) is 3.47. The molecule has 1 unspecified atom stereocenters. The molecule has 2 rings (SSSR count). The molecule has 1 aliphatic carbocycles. The molecule has 1 aliphatic heterocycles. The summed E-state index contributed by atoms with van der Waals surface area (Å²) in [6.45, 7) is 4.56. The average Bonchev–Trinajstić information content (AvgIpc) is 2.81. The van der Waals surface area contributed by atoms with Gasteiger partial charge in [-0.15, -0.1) is 18.2 Å². The Labute approximate surface area is 72.4 Å². The highest BCUT2D eigenvalue weighted by Crippen LogP contribution is 2.60. The second-order valence-electron chi connectivity index (χ2n) is 3.58. The zero-order valence-electron chi connectivity index (χ0n) is 6.61. The average molecular weight is 173 g/mol. The Morgan fingerprint density at radius 2 is 2.18 bits per heavy atom. The van der Waals surface area contributed by atoms with E-state index < -0.39 is 0 Å². The van der Waals surface area contributed by atoms with E-state index in [2.05, 4.69) is 6.58 Å². The summed E-state index contributed by atoms with van der Waals surface area (Å²) in [6.07, 6.45) is 6.28. The second-order valence-corrected chi connectivity index (χ2v) is 4.30. The largest absolute Gasteiger partial charge is 0.368 e. The van der Waals surface area contributed by atoms with Crippen LogP contribution in [-0.2, 0) is 4.74 Å². The first kappa shape index (κ1) is 7.63. The van der Waals surface area contributed by atoms with Crippen molar-refractivity contribution >= 4 is 11.6 Å². The fourth-order valence-electron chi connectivity index (χ4n) is 1.61. The molecule has 1 saturated carbocycles. The molecule has 0 radical (unpaired) electrons. The molecule has 0 amide bonds. The van der Waals surface area contributed by atoms with E-state index in [0.717, 1.165) is 32.3 Å². The smallest absolute Gasteiger partial charge is 0.111 e. The maximum absolute atomic E-state index is 6.27. The van der Waals surface area contributed by atoms with Crippen LogP contribution in [0.2, 0.25) is 0 Å². The molecule has 1 heterocycles. The Bertz CT molecular complexity index is 180. The maximum atomic E-state index is 6.27. The summed E-state index contributed by atoms with van der Waals surface area (Å²) in [5, 5.41) is 0. The van der Waals surface area contributed by atoms with Gasteiger partial charge in [0.15, 0.2) is 0 Å². The molecule has 1 atom stereocenters. The van der Waals surface area contributed by atoms with E-state index in [-0.39, 0.29) is 10.5 Å². The van der Waals surface area contributed by atoms with Gasteiger partial charge >= 0.3 is 0 Å². The van der Waals surface area contributed by atoms with E-state index in [1.54, 1.807) is 0 Å². The van der Waals surface area contributed by atoms with Crippen LogP contribution < -0.4 is 0 Å². The molecule has 0 spiro atoms. The highest BCUT2D eigenvalue weighted by atomic mass is 35.5. The van der Waals surface area contributed by atoms with Crippen LogP contribution in [0.25, 0.3) is 0 Å². The molecule has 0 bridgehead atoms. The lowest BCUT2D eigenvalue weighted by molar-refractivity contribution is 0.272. The number of epoxide rings is 1. The van der Waals surface area contributed by atoms with Gasteiger partial charge in [0.2, 0.25) is 0 Å². The van der Waals surface area contributed by atoms with Crippen molar-refractivity contribution in [1.82, 2.24) is 0 Å². The fraction of sp³-hybridized carbons (Fsp3) is 0.778. The van der Waals surface area contributed by atoms with Crippen LogP contribution in [0, 0.1) is 0 Å². The van der Waals surface area contributed by atoms with E-state index in [9.17, 15) is 0 Å². The third kappa shape index (κ3) is 1.11. The van der Waals surface area contributed by atoms with Crippen molar-refractivity contribution in [2.45, 2.75) is 36.2 Å². The SMILES string of the molecule is C=CCCC1(C2(Cl)CC2)CO1. The Balaban J connectivity index is 1.94. The van der Waals surface area contributed by atoms with Crippen molar-refractivity contribution in [3.8, 4) is 0 Å². The van der Waals surface area contributed by atoms with Gasteiger partial charge in [-0.2, -0.15) is 0 Å². The first-order chi connectivity index (χ1) is 5.22. The molecule has 1 saturated heterocycles. The number of ether oxygens (including phenoxy) is 1. The van der Waals surface area contributed by atoms with Gasteiger partial charge in [-0.1, -0.05) is 6.08 Å². The lowest BCUT2D eigenvalue weighted by atomic mass is 9.98. The van der Waals surface area contributed by atoms with Gasteiger partial charge in [-0.3, -0.25) is 0 Å². The normalized spacial score (nSPS) is 38.3. The van der Waals surface area contributed by atoms with E-state index >= 15 is 0 Å². The van der Waals surface area contributed by atoms with Crippen LogP contribution in [0.3, 0.4) is 0 Å². The molecule has 0 aromatic heterocycles. The minimum Gasteiger partial charge on any atom is -0.368 e. The van der Waals surface area contributed by atoms with Gasteiger partial charge in [0, 0.05) is 0 Å². The third-order valence-electron chi connectivity index (χ3n) is 2.75. The lowest BCUT2D eigenvalue weighted by Gasteiger charge is -2.15. The van der Waals surface area contributed by atoms with Crippen molar-refractivity contribution in [1.29, 1.82) is 0 Å². The van der Waals surface area contributed by atoms with Crippen LogP contribution in [0.1, 0.15) is 25.7 Å². The molecular weight excluding hydrogens is 160 g/mol. The highest BCUT2D eigenvalue weighted by Gasteiger charge is 2.66. The summed E-state index contributed by atoms with van der Waals surface area (Å²) < 4.78 is 5.45. The molecule has 2 fully saturated rings. The quantitative estimate of drug-likeness (QED) is 0.361. The number of allylic oxidation sites excluding steroid dienone is 1. The number of hydrogen-bond acceptors (Lipinski definition) is 1. The molecule has 0 aromatic rings. The highest BCUT2D eigenvalue weighted by molar-refractivity contribution is 6.27. The van der Waals surface area contributed by atoms with Crippen molar-refractivity contribution in [3.63, 3.8) is 0 Å². The summed E-state index contributed by atoms with van der Waals surface area (Å²) in [7, 11) is 0. The predicted molar refractivity (Wildman–Crippen MR) is 45.9 cm³/mol. The van der Waals surface area contributed by atoms with E-state index in [4.69, 9.17) is 16.3 Å². The topological polar surface area (TPSA) is 12.5 Å². The molecule has 62 valence electrons. The monoisotopic (exact) mass is 172 g/mol. The predicted octanol–water partition coefficient (Wildman–Crippen LogP) is 2.49. The Hall–Kier alpha value is -0.0100. The molecule has 2 aliphatic rings. The first-order valence-corrected chi connectivity index (χ1v) is 4.54. The van der Waals surface area contributed by atoms with Gasteiger partial charge in [-0.25, -0.2) is 0 Å². The number of alkyl halides is 1. The number of rotatable bonds is 4. The van der Waals surface area contributed by atoms with Gasteiger partial charge in [0.1, 0.15) is 5.60 Å². The van der Waals surface area contributed by atoms with Crippen molar-refractivity contribution in [3.05, 3.63) is 12.7 Å². The van der Waals surface area contributed by atoms with E-state index in [0.29, 0.717) is 0 Å². The summed E-state index contributed by atoms with van der Waals surface area (Å²) >= 11 is 6.27.